The Bertz CT molecular complexity index is 824. The van der Waals surface area contributed by atoms with Gasteiger partial charge in [-0.05, 0) is 23.3 Å². The summed E-state index contributed by atoms with van der Waals surface area (Å²) in [5.41, 5.74) is 2.19. The van der Waals surface area contributed by atoms with Gasteiger partial charge in [-0.1, -0.05) is 24.3 Å². The molecule has 1 aliphatic heterocycles. The number of hydrogen-bond donors (Lipinski definition) is 1. The van der Waals surface area contributed by atoms with Gasteiger partial charge in [-0.15, -0.1) is 0 Å². The molecule has 3 rings (SSSR count). The molecule has 1 atom stereocenters. The molecule has 2 aromatic carbocycles. The summed E-state index contributed by atoms with van der Waals surface area (Å²) in [5.74, 6) is -1.94. The van der Waals surface area contributed by atoms with Gasteiger partial charge < -0.3 is 4.74 Å². The van der Waals surface area contributed by atoms with Gasteiger partial charge in [-0.3, -0.25) is 0 Å². The van der Waals surface area contributed by atoms with Crippen LogP contribution in [-0.2, 0) is 27.8 Å². The molecular weight excluding hydrogens is 324 g/mol. The van der Waals surface area contributed by atoms with Crippen molar-refractivity contribution in [2.45, 2.75) is 24.0 Å². The average molecular weight is 339 g/mol. The minimum atomic E-state index is -4.06. The van der Waals surface area contributed by atoms with Crippen LogP contribution in [0.3, 0.4) is 0 Å². The molecular formula is C16H15F2NO3S. The molecule has 0 spiro atoms. The van der Waals surface area contributed by atoms with E-state index in [4.69, 9.17) is 4.74 Å². The molecule has 0 radical (unpaired) electrons. The van der Waals surface area contributed by atoms with E-state index in [2.05, 4.69) is 4.72 Å². The standard InChI is InChI=1S/C16H15F2NO3S/c17-13-5-6-16(15(18)8-13)23(20,21)19-9-14-7-11-3-1-2-4-12(11)10-22-14/h1-6,8,14,19H,7,9-10H2. The van der Waals surface area contributed by atoms with Crippen LogP contribution in [0.2, 0.25) is 0 Å². The largest absolute Gasteiger partial charge is 0.372 e. The molecule has 1 aliphatic rings. The first-order valence-electron chi connectivity index (χ1n) is 7.09. The second kappa shape index (κ2) is 6.35. The Labute approximate surface area is 133 Å². The molecule has 2 aromatic rings. The normalized spacial score (nSPS) is 17.7. The van der Waals surface area contributed by atoms with E-state index in [0.717, 1.165) is 23.3 Å². The quantitative estimate of drug-likeness (QED) is 0.931. The highest BCUT2D eigenvalue weighted by Gasteiger charge is 2.24. The number of fused-ring (bicyclic) bond motifs is 1. The topological polar surface area (TPSA) is 55.4 Å². The van der Waals surface area contributed by atoms with E-state index in [1.54, 1.807) is 0 Å². The van der Waals surface area contributed by atoms with Gasteiger partial charge in [0.2, 0.25) is 10.0 Å². The van der Waals surface area contributed by atoms with Gasteiger partial charge in [0, 0.05) is 19.0 Å². The highest BCUT2D eigenvalue weighted by atomic mass is 32.2. The molecule has 1 N–H and O–H groups in total. The van der Waals surface area contributed by atoms with Crippen LogP contribution in [-0.4, -0.2) is 21.1 Å². The minimum Gasteiger partial charge on any atom is -0.372 e. The van der Waals surface area contributed by atoms with E-state index in [-0.39, 0.29) is 12.6 Å². The number of halogens is 2. The molecule has 0 bridgehead atoms. The van der Waals surface area contributed by atoms with E-state index in [1.165, 1.54) is 0 Å². The highest BCUT2D eigenvalue weighted by Crippen LogP contribution is 2.21. The lowest BCUT2D eigenvalue weighted by Gasteiger charge is -2.25. The Kier molecular flexibility index (Phi) is 4.43. The van der Waals surface area contributed by atoms with Crippen LogP contribution in [0.5, 0.6) is 0 Å². The number of rotatable bonds is 4. The number of sulfonamides is 1. The number of nitrogens with one attached hydrogen (secondary N) is 1. The van der Waals surface area contributed by atoms with E-state index in [9.17, 15) is 17.2 Å². The Morgan fingerprint density at radius 1 is 1.13 bits per heavy atom. The molecule has 0 saturated carbocycles. The molecule has 122 valence electrons. The fourth-order valence-corrected chi connectivity index (χ4v) is 3.64. The van der Waals surface area contributed by atoms with Crippen molar-refractivity contribution in [3.8, 4) is 0 Å². The summed E-state index contributed by atoms with van der Waals surface area (Å²) in [4.78, 5) is -0.574. The lowest BCUT2D eigenvalue weighted by atomic mass is 9.99. The molecule has 0 aliphatic carbocycles. The Balaban J connectivity index is 1.68. The van der Waals surface area contributed by atoms with Crippen molar-refractivity contribution in [2.24, 2.45) is 0 Å². The van der Waals surface area contributed by atoms with Crippen LogP contribution in [0.25, 0.3) is 0 Å². The summed E-state index contributed by atoms with van der Waals surface area (Å²) in [5, 5.41) is 0. The molecule has 0 fully saturated rings. The van der Waals surface area contributed by atoms with Crippen LogP contribution < -0.4 is 4.72 Å². The zero-order chi connectivity index (χ0) is 16.4. The van der Waals surface area contributed by atoms with E-state index in [1.807, 2.05) is 24.3 Å². The summed E-state index contributed by atoms with van der Waals surface area (Å²) in [6, 6.07) is 10.1. The van der Waals surface area contributed by atoms with Crippen molar-refractivity contribution in [3.05, 3.63) is 65.2 Å². The van der Waals surface area contributed by atoms with E-state index in [0.29, 0.717) is 19.1 Å². The monoisotopic (exact) mass is 339 g/mol. The second-order valence-corrected chi connectivity index (χ2v) is 7.07. The summed E-state index contributed by atoms with van der Waals surface area (Å²) in [7, 11) is -4.06. The average Bonchev–Trinajstić information content (AvgIpc) is 2.52. The molecule has 23 heavy (non-hydrogen) atoms. The van der Waals surface area contributed by atoms with Crippen LogP contribution in [0.15, 0.2) is 47.4 Å². The first-order chi connectivity index (χ1) is 11.0. The van der Waals surface area contributed by atoms with Crippen LogP contribution in [0, 0.1) is 11.6 Å². The third-order valence-electron chi connectivity index (χ3n) is 3.72. The summed E-state index contributed by atoms with van der Waals surface area (Å²) < 4.78 is 58.7. The van der Waals surface area contributed by atoms with Gasteiger partial charge in [0.1, 0.15) is 16.5 Å². The maximum atomic E-state index is 13.6. The van der Waals surface area contributed by atoms with Crippen LogP contribution in [0.4, 0.5) is 8.78 Å². The fraction of sp³-hybridized carbons (Fsp3) is 0.250. The molecule has 0 aromatic heterocycles. The second-order valence-electron chi connectivity index (χ2n) is 5.33. The molecule has 0 saturated heterocycles. The van der Waals surface area contributed by atoms with Crippen LogP contribution in [0.1, 0.15) is 11.1 Å². The van der Waals surface area contributed by atoms with Crippen molar-refractivity contribution < 1.29 is 21.9 Å². The zero-order valence-electron chi connectivity index (χ0n) is 12.1. The first kappa shape index (κ1) is 16.0. The third kappa shape index (κ3) is 3.57. The Morgan fingerprint density at radius 3 is 2.61 bits per heavy atom. The van der Waals surface area contributed by atoms with Gasteiger partial charge in [0.05, 0.1) is 12.7 Å². The highest BCUT2D eigenvalue weighted by molar-refractivity contribution is 7.89. The molecule has 4 nitrogen and oxygen atoms in total. The molecule has 7 heteroatoms. The fourth-order valence-electron chi connectivity index (χ4n) is 2.51. The predicted molar refractivity (Wildman–Crippen MR) is 80.3 cm³/mol. The van der Waals surface area contributed by atoms with Crippen molar-refractivity contribution in [2.75, 3.05) is 6.54 Å². The molecule has 0 amide bonds. The van der Waals surface area contributed by atoms with Gasteiger partial charge in [0.25, 0.3) is 0 Å². The Hall–Kier alpha value is -1.83. The number of ether oxygens (including phenoxy) is 1. The summed E-state index contributed by atoms with van der Waals surface area (Å²) in [6.07, 6.45) is 0.244. The molecule has 1 heterocycles. The van der Waals surface area contributed by atoms with Gasteiger partial charge in [0.15, 0.2) is 0 Å². The lowest BCUT2D eigenvalue weighted by Crippen LogP contribution is -2.37. The maximum absolute atomic E-state index is 13.6. The maximum Gasteiger partial charge on any atom is 0.243 e. The number of hydrogen-bond acceptors (Lipinski definition) is 3. The Morgan fingerprint density at radius 2 is 1.87 bits per heavy atom. The smallest absolute Gasteiger partial charge is 0.243 e. The van der Waals surface area contributed by atoms with Gasteiger partial charge >= 0.3 is 0 Å². The van der Waals surface area contributed by atoms with Crippen molar-refractivity contribution in [3.63, 3.8) is 0 Å². The van der Waals surface area contributed by atoms with E-state index >= 15 is 0 Å². The van der Waals surface area contributed by atoms with Crippen molar-refractivity contribution in [1.29, 1.82) is 0 Å². The van der Waals surface area contributed by atoms with Gasteiger partial charge in [-0.25, -0.2) is 21.9 Å². The van der Waals surface area contributed by atoms with Crippen molar-refractivity contribution >= 4 is 10.0 Å². The predicted octanol–water partition coefficient (Wildman–Crippen LogP) is 2.38. The first-order valence-corrected chi connectivity index (χ1v) is 8.57. The summed E-state index contributed by atoms with van der Waals surface area (Å²) >= 11 is 0. The lowest BCUT2D eigenvalue weighted by molar-refractivity contribution is 0.0322. The van der Waals surface area contributed by atoms with Crippen LogP contribution >= 0.6 is 0 Å². The third-order valence-corrected chi connectivity index (χ3v) is 5.18. The van der Waals surface area contributed by atoms with Gasteiger partial charge in [-0.2, -0.15) is 0 Å². The number of benzene rings is 2. The summed E-state index contributed by atoms with van der Waals surface area (Å²) in [6.45, 7) is 0.432. The SMILES string of the molecule is O=S(=O)(NCC1Cc2ccccc2CO1)c1ccc(F)cc1F. The van der Waals surface area contributed by atoms with Crippen molar-refractivity contribution in [1.82, 2.24) is 4.72 Å². The van der Waals surface area contributed by atoms with E-state index < -0.39 is 26.6 Å². The molecule has 1 unspecified atom stereocenters. The minimum absolute atomic E-state index is 0.0213. The zero-order valence-corrected chi connectivity index (χ0v) is 12.9.